The number of hydrazone groups is 1. The van der Waals surface area contributed by atoms with Crippen molar-refractivity contribution in [3.8, 4) is 28.6 Å². The second kappa shape index (κ2) is 11.6. The Morgan fingerprint density at radius 2 is 2.06 bits per heavy atom. The van der Waals surface area contributed by atoms with Gasteiger partial charge in [-0.3, -0.25) is 14.3 Å². The molecule has 2 aromatic carbocycles. The van der Waals surface area contributed by atoms with E-state index in [1.165, 1.54) is 24.0 Å². The number of amides is 1. The highest BCUT2D eigenvalue weighted by Crippen LogP contribution is 2.28. The fraction of sp³-hybridized carbons (Fsp3) is 0.125. The maximum atomic E-state index is 12.4. The van der Waals surface area contributed by atoms with E-state index >= 15 is 0 Å². The third-order valence-electron chi connectivity index (χ3n) is 4.66. The Kier molecular flexibility index (Phi) is 8.11. The van der Waals surface area contributed by atoms with Crippen molar-refractivity contribution in [1.82, 2.24) is 25.2 Å². The molecule has 2 N–H and O–H groups in total. The molecule has 1 amide bonds. The third-order valence-corrected chi connectivity index (χ3v) is 6.11. The van der Waals surface area contributed by atoms with E-state index < -0.39 is 0 Å². The summed E-state index contributed by atoms with van der Waals surface area (Å²) in [5, 5.41) is 23.0. The number of aromatic hydroxyl groups is 1. The van der Waals surface area contributed by atoms with Crippen LogP contribution in [0.4, 0.5) is 0 Å². The number of hydrogen-bond donors (Lipinski definition) is 2. The fourth-order valence-corrected chi connectivity index (χ4v) is 4.10. The number of carbonyl (C=O) groups excluding carboxylic acids is 1. The topological polar surface area (TPSA) is 115 Å². The van der Waals surface area contributed by atoms with Gasteiger partial charge in [0.2, 0.25) is 0 Å². The van der Waals surface area contributed by atoms with Gasteiger partial charge in [0.15, 0.2) is 22.5 Å². The molecule has 2 heterocycles. The summed E-state index contributed by atoms with van der Waals surface area (Å²) in [5.41, 5.74) is 4.85. The second-order valence-corrected chi connectivity index (χ2v) is 8.96. The van der Waals surface area contributed by atoms with Gasteiger partial charge in [0.25, 0.3) is 5.91 Å². The molecule has 35 heavy (non-hydrogen) atoms. The van der Waals surface area contributed by atoms with Crippen LogP contribution < -0.4 is 10.2 Å². The predicted molar refractivity (Wildman–Crippen MR) is 138 cm³/mol. The molecule has 0 atom stereocenters. The molecule has 0 spiro atoms. The predicted octanol–water partition coefficient (Wildman–Crippen LogP) is 4.44. The van der Waals surface area contributed by atoms with Gasteiger partial charge in [0, 0.05) is 28.1 Å². The molecule has 4 aromatic rings. The summed E-state index contributed by atoms with van der Waals surface area (Å²) in [6.07, 6.45) is 4.89. The molecule has 11 heteroatoms. The number of phenols is 1. The van der Waals surface area contributed by atoms with Gasteiger partial charge < -0.3 is 9.84 Å². The molecule has 0 saturated heterocycles. The molecule has 0 saturated carbocycles. The number of pyridine rings is 1. The standard InChI is InChI=1S/C24H21BrN6O3S/c1-2-34-21-12-16(5-10-20(21)32)13-27-28-22(33)15-35-24-30-29-23(17-4-3-11-26-14-17)31(24)19-8-6-18(25)7-9-19/h3-14,32H,2,15H2,1H3,(H,28,33)/b27-13+. The van der Waals surface area contributed by atoms with Crippen molar-refractivity contribution >= 4 is 39.8 Å². The summed E-state index contributed by atoms with van der Waals surface area (Å²) < 4.78 is 8.19. The normalized spacial score (nSPS) is 11.0. The molecule has 0 aliphatic heterocycles. The van der Waals surface area contributed by atoms with E-state index in [0.717, 1.165) is 15.7 Å². The summed E-state index contributed by atoms with van der Waals surface area (Å²) in [6.45, 7) is 2.25. The van der Waals surface area contributed by atoms with Crippen LogP contribution in [0.3, 0.4) is 0 Å². The van der Waals surface area contributed by atoms with Crippen LogP contribution in [0.2, 0.25) is 0 Å². The highest BCUT2D eigenvalue weighted by molar-refractivity contribution is 9.10. The van der Waals surface area contributed by atoms with E-state index in [9.17, 15) is 9.90 Å². The zero-order chi connectivity index (χ0) is 24.6. The van der Waals surface area contributed by atoms with Crippen molar-refractivity contribution in [2.75, 3.05) is 12.4 Å². The number of hydrogen-bond acceptors (Lipinski definition) is 8. The van der Waals surface area contributed by atoms with E-state index in [2.05, 4.69) is 41.6 Å². The molecule has 9 nitrogen and oxygen atoms in total. The van der Waals surface area contributed by atoms with Crippen molar-refractivity contribution in [1.29, 1.82) is 0 Å². The van der Waals surface area contributed by atoms with Crippen molar-refractivity contribution in [3.05, 3.63) is 77.0 Å². The van der Waals surface area contributed by atoms with Gasteiger partial charge in [-0.05, 0) is 67.1 Å². The summed E-state index contributed by atoms with van der Waals surface area (Å²) in [6, 6.07) is 16.3. The van der Waals surface area contributed by atoms with Crippen LogP contribution in [0.5, 0.6) is 11.5 Å². The van der Waals surface area contributed by atoms with Crippen LogP contribution >= 0.6 is 27.7 Å². The summed E-state index contributed by atoms with van der Waals surface area (Å²) in [4.78, 5) is 16.6. The molecule has 0 aliphatic rings. The first-order chi connectivity index (χ1) is 17.0. The molecule has 0 radical (unpaired) electrons. The average Bonchev–Trinajstić information content (AvgIpc) is 3.30. The molecular formula is C24H21BrN6O3S. The van der Waals surface area contributed by atoms with E-state index in [-0.39, 0.29) is 17.4 Å². The van der Waals surface area contributed by atoms with Crippen molar-refractivity contribution in [2.24, 2.45) is 5.10 Å². The number of thioether (sulfide) groups is 1. The van der Waals surface area contributed by atoms with E-state index in [4.69, 9.17) is 4.74 Å². The van der Waals surface area contributed by atoms with Gasteiger partial charge >= 0.3 is 0 Å². The Bertz CT molecular complexity index is 1330. The molecule has 0 bridgehead atoms. The largest absolute Gasteiger partial charge is 0.504 e. The molecule has 2 aromatic heterocycles. The molecule has 0 unspecified atom stereocenters. The lowest BCUT2D eigenvalue weighted by Gasteiger charge is -2.10. The maximum Gasteiger partial charge on any atom is 0.250 e. The lowest BCUT2D eigenvalue weighted by Crippen LogP contribution is -2.20. The second-order valence-electron chi connectivity index (χ2n) is 7.10. The first-order valence-corrected chi connectivity index (χ1v) is 12.3. The van der Waals surface area contributed by atoms with Gasteiger partial charge in [-0.25, -0.2) is 5.43 Å². The molecule has 0 aliphatic carbocycles. The van der Waals surface area contributed by atoms with Gasteiger partial charge in [0.05, 0.1) is 18.6 Å². The minimum Gasteiger partial charge on any atom is -0.504 e. The first kappa shape index (κ1) is 24.4. The lowest BCUT2D eigenvalue weighted by molar-refractivity contribution is -0.118. The van der Waals surface area contributed by atoms with Crippen molar-refractivity contribution in [2.45, 2.75) is 12.1 Å². The minimum absolute atomic E-state index is 0.0463. The summed E-state index contributed by atoms with van der Waals surface area (Å²) in [5.74, 6) is 0.806. The zero-order valence-electron chi connectivity index (χ0n) is 18.6. The Morgan fingerprint density at radius 3 is 2.80 bits per heavy atom. The number of phenolic OH excluding ortho intramolecular Hbond substituents is 1. The average molecular weight is 553 g/mol. The molecule has 0 fully saturated rings. The Balaban J connectivity index is 1.46. The maximum absolute atomic E-state index is 12.4. The number of ether oxygens (including phenoxy) is 1. The van der Waals surface area contributed by atoms with Gasteiger partial charge in [0.1, 0.15) is 0 Å². The van der Waals surface area contributed by atoms with E-state index in [0.29, 0.717) is 28.9 Å². The van der Waals surface area contributed by atoms with Crippen LogP contribution in [-0.4, -0.2) is 49.3 Å². The van der Waals surface area contributed by atoms with Gasteiger partial charge in [-0.1, -0.05) is 27.7 Å². The van der Waals surface area contributed by atoms with Crippen LogP contribution in [0, 0.1) is 0 Å². The highest BCUT2D eigenvalue weighted by atomic mass is 79.9. The Morgan fingerprint density at radius 1 is 1.23 bits per heavy atom. The Hall–Kier alpha value is -3.70. The summed E-state index contributed by atoms with van der Waals surface area (Å²) >= 11 is 4.70. The quantitative estimate of drug-likeness (QED) is 0.179. The number of carbonyl (C=O) groups is 1. The van der Waals surface area contributed by atoms with Crippen molar-refractivity contribution in [3.63, 3.8) is 0 Å². The molecule has 4 rings (SSSR count). The van der Waals surface area contributed by atoms with Crippen LogP contribution in [0.1, 0.15) is 12.5 Å². The van der Waals surface area contributed by atoms with Gasteiger partial charge in [-0.15, -0.1) is 10.2 Å². The fourth-order valence-electron chi connectivity index (χ4n) is 3.09. The number of aromatic nitrogens is 4. The summed E-state index contributed by atoms with van der Waals surface area (Å²) in [7, 11) is 0. The number of nitrogens with one attached hydrogen (secondary N) is 1. The van der Waals surface area contributed by atoms with Gasteiger partial charge in [-0.2, -0.15) is 5.10 Å². The lowest BCUT2D eigenvalue weighted by atomic mass is 10.2. The monoisotopic (exact) mass is 552 g/mol. The molecular weight excluding hydrogens is 532 g/mol. The van der Waals surface area contributed by atoms with Crippen LogP contribution in [0.15, 0.2) is 81.7 Å². The number of halogens is 1. The first-order valence-electron chi connectivity index (χ1n) is 10.6. The Labute approximate surface area is 214 Å². The zero-order valence-corrected chi connectivity index (χ0v) is 21.0. The number of benzene rings is 2. The van der Waals surface area contributed by atoms with E-state index in [1.807, 2.05) is 47.9 Å². The number of nitrogens with zero attached hydrogens (tertiary/aromatic N) is 5. The minimum atomic E-state index is -0.302. The third kappa shape index (κ3) is 6.25. The molecule has 178 valence electrons. The van der Waals surface area contributed by atoms with Crippen molar-refractivity contribution < 1.29 is 14.6 Å². The SMILES string of the molecule is CCOc1cc(/C=N/NC(=O)CSc2nnc(-c3cccnc3)n2-c2ccc(Br)cc2)ccc1O. The highest BCUT2D eigenvalue weighted by Gasteiger charge is 2.17. The smallest absolute Gasteiger partial charge is 0.250 e. The van der Waals surface area contributed by atoms with Crippen LogP contribution in [0.25, 0.3) is 17.1 Å². The van der Waals surface area contributed by atoms with Crippen LogP contribution in [-0.2, 0) is 4.79 Å². The number of rotatable bonds is 9. The van der Waals surface area contributed by atoms with E-state index in [1.54, 1.807) is 24.5 Å².